The summed E-state index contributed by atoms with van der Waals surface area (Å²) in [6.07, 6.45) is 5.65. The Morgan fingerprint density at radius 1 is 1.04 bits per heavy atom. The van der Waals surface area contributed by atoms with Crippen molar-refractivity contribution in [3.63, 3.8) is 0 Å². The summed E-state index contributed by atoms with van der Waals surface area (Å²) in [5.74, 6) is 2.41. The van der Waals surface area contributed by atoms with Gasteiger partial charge in [-0.1, -0.05) is 19.4 Å². The van der Waals surface area contributed by atoms with Gasteiger partial charge in [-0.2, -0.15) is 5.26 Å². The standard InChI is InChI=1S/C22H27NO2/c1-11-12(2)21(25)22(3,4)17-8-7-15-14(19(11)17)5-6-16-18(24)9-13(10-23)20(15)16/h9,14-17,19-20H,5-8H2,1-4H3/t14?,15?,16-,17?,19+,20?/m1/s1. The van der Waals surface area contributed by atoms with E-state index < -0.39 is 0 Å². The van der Waals surface area contributed by atoms with E-state index in [-0.39, 0.29) is 23.0 Å². The van der Waals surface area contributed by atoms with Crippen molar-refractivity contribution in [3.8, 4) is 6.07 Å². The Kier molecular flexibility index (Phi) is 3.62. The van der Waals surface area contributed by atoms with E-state index in [0.717, 1.165) is 31.3 Å². The number of hydrogen-bond acceptors (Lipinski definition) is 3. The fraction of sp³-hybridized carbons (Fsp3) is 0.682. The van der Waals surface area contributed by atoms with Crippen molar-refractivity contribution in [1.82, 2.24) is 0 Å². The lowest BCUT2D eigenvalue weighted by Gasteiger charge is -2.55. The Morgan fingerprint density at radius 2 is 1.68 bits per heavy atom. The zero-order chi connectivity index (χ0) is 18.1. The minimum atomic E-state index is -0.296. The molecule has 0 heterocycles. The molecule has 0 aromatic carbocycles. The van der Waals surface area contributed by atoms with E-state index in [1.54, 1.807) is 6.08 Å². The topological polar surface area (TPSA) is 57.9 Å². The zero-order valence-electron chi connectivity index (χ0n) is 15.6. The van der Waals surface area contributed by atoms with Crippen molar-refractivity contribution < 1.29 is 9.59 Å². The van der Waals surface area contributed by atoms with E-state index in [1.165, 1.54) is 5.57 Å². The van der Waals surface area contributed by atoms with Crippen molar-refractivity contribution >= 4 is 11.6 Å². The predicted octanol–water partition coefficient (Wildman–Crippen LogP) is 4.25. The molecule has 4 rings (SSSR count). The van der Waals surface area contributed by atoms with Gasteiger partial charge in [0.1, 0.15) is 0 Å². The normalized spacial score (nSPS) is 42.3. The average molecular weight is 337 g/mol. The lowest BCUT2D eigenvalue weighted by Crippen LogP contribution is -2.52. The van der Waals surface area contributed by atoms with Crippen molar-refractivity contribution in [1.29, 1.82) is 5.26 Å². The van der Waals surface area contributed by atoms with Crippen LogP contribution < -0.4 is 0 Å². The minimum Gasteiger partial charge on any atom is -0.294 e. The van der Waals surface area contributed by atoms with Crippen molar-refractivity contribution in [2.45, 2.75) is 53.4 Å². The first kappa shape index (κ1) is 16.8. The molecule has 0 aromatic rings. The van der Waals surface area contributed by atoms with Gasteiger partial charge in [0.25, 0.3) is 0 Å². The lowest BCUT2D eigenvalue weighted by molar-refractivity contribution is -0.133. The molecule has 25 heavy (non-hydrogen) atoms. The van der Waals surface area contributed by atoms with Gasteiger partial charge in [-0.15, -0.1) is 0 Å². The highest BCUT2D eigenvalue weighted by atomic mass is 16.1. The van der Waals surface area contributed by atoms with Gasteiger partial charge in [-0.25, -0.2) is 0 Å². The van der Waals surface area contributed by atoms with Crippen LogP contribution in [-0.2, 0) is 9.59 Å². The molecule has 0 spiro atoms. The van der Waals surface area contributed by atoms with E-state index in [4.69, 9.17) is 0 Å². The molecule has 0 amide bonds. The third-order valence-electron chi connectivity index (χ3n) is 8.06. The second-order valence-electron chi connectivity index (χ2n) is 9.22. The molecule has 4 aliphatic rings. The van der Waals surface area contributed by atoms with Gasteiger partial charge in [0.05, 0.1) is 6.07 Å². The molecule has 2 saturated carbocycles. The van der Waals surface area contributed by atoms with Crippen molar-refractivity contribution in [2.24, 2.45) is 40.9 Å². The van der Waals surface area contributed by atoms with Crippen LogP contribution in [0, 0.1) is 52.3 Å². The van der Waals surface area contributed by atoms with E-state index >= 15 is 0 Å². The Balaban J connectivity index is 1.76. The maximum Gasteiger partial charge on any atom is 0.164 e. The quantitative estimate of drug-likeness (QED) is 0.664. The zero-order valence-corrected chi connectivity index (χ0v) is 15.6. The third kappa shape index (κ3) is 2.09. The summed E-state index contributed by atoms with van der Waals surface area (Å²) in [5, 5.41) is 9.53. The Labute approximate surface area is 150 Å². The summed E-state index contributed by atoms with van der Waals surface area (Å²) in [6, 6.07) is 2.32. The number of carbonyl (C=O) groups is 2. The average Bonchev–Trinajstić information content (AvgIpc) is 2.94. The van der Waals surface area contributed by atoms with Gasteiger partial charge in [0.15, 0.2) is 11.6 Å². The fourth-order valence-electron chi connectivity index (χ4n) is 6.76. The van der Waals surface area contributed by atoms with E-state index in [9.17, 15) is 14.9 Å². The summed E-state index contributed by atoms with van der Waals surface area (Å²) < 4.78 is 0. The largest absolute Gasteiger partial charge is 0.294 e. The molecular weight excluding hydrogens is 310 g/mol. The highest BCUT2D eigenvalue weighted by molar-refractivity contribution is 6.01. The van der Waals surface area contributed by atoms with Gasteiger partial charge in [0, 0.05) is 22.8 Å². The van der Waals surface area contributed by atoms with Crippen molar-refractivity contribution in [2.75, 3.05) is 0 Å². The summed E-state index contributed by atoms with van der Waals surface area (Å²) in [5.41, 5.74) is 2.64. The molecule has 0 N–H and O–H groups in total. The predicted molar refractivity (Wildman–Crippen MR) is 95.3 cm³/mol. The van der Waals surface area contributed by atoms with Crippen LogP contribution in [0.1, 0.15) is 53.4 Å². The molecule has 0 bridgehead atoms. The summed E-state index contributed by atoms with van der Waals surface area (Å²) in [6.45, 7) is 8.38. The minimum absolute atomic E-state index is 0.0380. The first-order valence-electron chi connectivity index (χ1n) is 9.66. The molecule has 0 aliphatic heterocycles. The molecule has 0 aromatic heterocycles. The molecule has 3 heteroatoms. The number of allylic oxidation sites excluding steroid dienone is 4. The Morgan fingerprint density at radius 3 is 2.36 bits per heavy atom. The second-order valence-corrected chi connectivity index (χ2v) is 9.22. The third-order valence-corrected chi connectivity index (χ3v) is 8.06. The van der Waals surface area contributed by atoms with Crippen LogP contribution in [0.5, 0.6) is 0 Å². The molecule has 3 nitrogen and oxygen atoms in total. The van der Waals surface area contributed by atoms with Crippen LogP contribution in [-0.4, -0.2) is 11.6 Å². The number of hydrogen-bond donors (Lipinski definition) is 0. The number of fused-ring (bicyclic) bond motifs is 5. The number of carbonyl (C=O) groups excluding carboxylic acids is 2. The number of rotatable bonds is 0. The highest BCUT2D eigenvalue weighted by Crippen LogP contribution is 2.61. The molecule has 2 fully saturated rings. The maximum atomic E-state index is 12.8. The molecular formula is C22H27NO2. The molecule has 6 atom stereocenters. The molecule has 4 aliphatic carbocycles. The summed E-state index contributed by atoms with van der Waals surface area (Å²) in [4.78, 5) is 25.2. The van der Waals surface area contributed by atoms with E-state index in [1.807, 2.05) is 6.92 Å². The van der Waals surface area contributed by atoms with E-state index in [0.29, 0.717) is 35.0 Å². The van der Waals surface area contributed by atoms with E-state index in [2.05, 4.69) is 26.8 Å². The van der Waals surface area contributed by atoms with Gasteiger partial charge >= 0.3 is 0 Å². The molecule has 132 valence electrons. The van der Waals surface area contributed by atoms with Crippen LogP contribution in [0.15, 0.2) is 22.8 Å². The summed E-state index contributed by atoms with van der Waals surface area (Å²) >= 11 is 0. The first-order chi connectivity index (χ1) is 11.8. The van der Waals surface area contributed by atoms with Gasteiger partial charge < -0.3 is 0 Å². The maximum absolute atomic E-state index is 12.8. The SMILES string of the molecule is CC1=C(C)[C@H]2C3CC[C@@H]4C(=O)C=C(C#N)C4C3CCC2C(C)(C)C1=O. The summed E-state index contributed by atoms with van der Waals surface area (Å²) in [7, 11) is 0. The van der Waals surface area contributed by atoms with Gasteiger partial charge in [0.2, 0.25) is 0 Å². The second kappa shape index (κ2) is 5.40. The van der Waals surface area contributed by atoms with Crippen LogP contribution in [0.2, 0.25) is 0 Å². The number of nitrogens with zero attached hydrogens (tertiary/aromatic N) is 1. The fourth-order valence-corrected chi connectivity index (χ4v) is 6.76. The van der Waals surface area contributed by atoms with Gasteiger partial charge in [-0.3, -0.25) is 9.59 Å². The first-order valence-corrected chi connectivity index (χ1v) is 9.66. The number of Topliss-reactive ketones (excluding diaryl/α,β-unsaturated/α-hetero) is 1. The monoisotopic (exact) mass is 337 g/mol. The van der Waals surface area contributed by atoms with Crippen LogP contribution in [0.25, 0.3) is 0 Å². The smallest absolute Gasteiger partial charge is 0.164 e. The highest BCUT2D eigenvalue weighted by Gasteiger charge is 2.57. The number of nitriles is 1. The van der Waals surface area contributed by atoms with Crippen LogP contribution >= 0.6 is 0 Å². The number of ketones is 2. The molecule has 0 saturated heterocycles. The lowest BCUT2D eigenvalue weighted by atomic mass is 9.48. The Hall–Kier alpha value is -1.69. The van der Waals surface area contributed by atoms with Crippen LogP contribution in [0.4, 0.5) is 0 Å². The molecule has 4 unspecified atom stereocenters. The Bertz CT molecular complexity index is 763. The van der Waals surface area contributed by atoms with Crippen LogP contribution in [0.3, 0.4) is 0 Å². The molecule has 0 radical (unpaired) electrons. The van der Waals surface area contributed by atoms with Gasteiger partial charge in [-0.05, 0) is 74.9 Å². The van der Waals surface area contributed by atoms with Crippen molar-refractivity contribution in [3.05, 3.63) is 22.8 Å².